The molecule has 0 bridgehead atoms. The Labute approximate surface area is 200 Å². The zero-order valence-electron chi connectivity index (χ0n) is 18.1. The summed E-state index contributed by atoms with van der Waals surface area (Å²) in [7, 11) is 0. The van der Waals surface area contributed by atoms with E-state index in [0.717, 1.165) is 16.8 Å². The number of aromatic nitrogens is 2. The van der Waals surface area contributed by atoms with Gasteiger partial charge in [-0.3, -0.25) is 0 Å². The number of hydrogen-bond donors (Lipinski definition) is 1. The largest absolute Gasteiger partial charge is 0.351 e. The lowest BCUT2D eigenvalue weighted by Crippen LogP contribution is -2.45. The van der Waals surface area contributed by atoms with Gasteiger partial charge >= 0.3 is 0 Å². The Morgan fingerprint density at radius 2 is 1.94 bits per heavy atom. The van der Waals surface area contributed by atoms with Crippen molar-refractivity contribution in [3.8, 4) is 11.4 Å². The zero-order chi connectivity index (χ0) is 22.9. The predicted octanol–water partition coefficient (Wildman–Crippen LogP) is 6.11. The molecule has 1 aliphatic heterocycles. The third-order valence-electron chi connectivity index (χ3n) is 5.64. The first-order valence-corrected chi connectivity index (χ1v) is 11.8. The van der Waals surface area contributed by atoms with Gasteiger partial charge in [0, 0.05) is 16.1 Å². The number of nitrogens with zero attached hydrogens (tertiary/aromatic N) is 3. The van der Waals surface area contributed by atoms with Crippen LogP contribution in [0.2, 0.25) is 0 Å². The van der Waals surface area contributed by atoms with Crippen molar-refractivity contribution in [3.63, 3.8) is 0 Å². The molecule has 0 saturated carbocycles. The summed E-state index contributed by atoms with van der Waals surface area (Å²) in [6.45, 7) is 4.71. The van der Waals surface area contributed by atoms with Crippen LogP contribution in [0.5, 0.6) is 0 Å². The fraction of sp³-hybridized carbons (Fsp3) is 0.160. The molecule has 0 radical (unpaired) electrons. The molecular weight excluding hydrogens is 455 g/mol. The second-order valence-corrected chi connectivity index (χ2v) is 9.31. The number of thiocarbonyl (C=S) groups is 1. The quantitative estimate of drug-likeness (QED) is 0.351. The van der Waals surface area contributed by atoms with Gasteiger partial charge in [0.25, 0.3) is 5.89 Å². The highest BCUT2D eigenvalue weighted by molar-refractivity contribution is 7.80. The molecule has 166 valence electrons. The first-order valence-electron chi connectivity index (χ1n) is 10.5. The van der Waals surface area contributed by atoms with Crippen molar-refractivity contribution in [2.75, 3.05) is 0 Å². The minimum absolute atomic E-state index is 0.251. The van der Waals surface area contributed by atoms with Gasteiger partial charge in [0.05, 0.1) is 18.2 Å². The van der Waals surface area contributed by atoms with Gasteiger partial charge in [-0.15, -0.1) is 11.3 Å². The number of rotatable bonds is 5. The third-order valence-corrected chi connectivity index (χ3v) is 6.84. The Balaban J connectivity index is 1.60. The maximum atomic E-state index is 13.7. The molecule has 5 nitrogen and oxygen atoms in total. The second-order valence-electron chi connectivity index (χ2n) is 7.89. The van der Waals surface area contributed by atoms with E-state index in [0.29, 0.717) is 28.9 Å². The average molecular weight is 477 g/mol. The number of allylic oxidation sites excluding steroid dienone is 1. The van der Waals surface area contributed by atoms with Gasteiger partial charge in [0.15, 0.2) is 5.11 Å². The molecule has 33 heavy (non-hydrogen) atoms. The maximum Gasteiger partial charge on any atom is 0.258 e. The van der Waals surface area contributed by atoms with Crippen molar-refractivity contribution in [3.05, 3.63) is 99.5 Å². The molecule has 3 heterocycles. The number of benzene rings is 2. The molecule has 1 unspecified atom stereocenters. The third kappa shape index (κ3) is 4.31. The van der Waals surface area contributed by atoms with Crippen LogP contribution < -0.4 is 5.32 Å². The normalized spacial score (nSPS) is 16.3. The summed E-state index contributed by atoms with van der Waals surface area (Å²) in [5.41, 5.74) is 4.56. The number of halogens is 1. The fourth-order valence-corrected chi connectivity index (χ4v) is 4.91. The van der Waals surface area contributed by atoms with Gasteiger partial charge < -0.3 is 14.7 Å². The van der Waals surface area contributed by atoms with E-state index < -0.39 is 0 Å². The van der Waals surface area contributed by atoms with Crippen LogP contribution in [-0.2, 0) is 6.54 Å². The van der Waals surface area contributed by atoms with Crippen LogP contribution in [0.15, 0.2) is 76.3 Å². The Bertz CT molecular complexity index is 1330. The van der Waals surface area contributed by atoms with Crippen LogP contribution in [-0.4, -0.2) is 20.2 Å². The second kappa shape index (κ2) is 8.88. The van der Waals surface area contributed by atoms with Crippen molar-refractivity contribution in [1.29, 1.82) is 0 Å². The molecule has 2 aromatic carbocycles. The Kier molecular flexibility index (Phi) is 5.78. The van der Waals surface area contributed by atoms with E-state index in [9.17, 15) is 4.39 Å². The summed E-state index contributed by atoms with van der Waals surface area (Å²) in [6, 6.07) is 18.3. The number of aryl methyl sites for hydroxylation is 1. The maximum absolute atomic E-state index is 13.7. The van der Waals surface area contributed by atoms with E-state index in [-0.39, 0.29) is 11.9 Å². The smallest absolute Gasteiger partial charge is 0.258 e. The van der Waals surface area contributed by atoms with Crippen LogP contribution in [0.3, 0.4) is 0 Å². The monoisotopic (exact) mass is 476 g/mol. The van der Waals surface area contributed by atoms with E-state index in [1.807, 2.05) is 23.3 Å². The first kappa shape index (κ1) is 21.5. The molecule has 0 fully saturated rings. The number of hydrogen-bond acceptors (Lipinski definition) is 5. The fourth-order valence-electron chi connectivity index (χ4n) is 3.89. The first-order chi connectivity index (χ1) is 16.0. The molecule has 2 aromatic heterocycles. The van der Waals surface area contributed by atoms with Crippen LogP contribution in [0, 0.1) is 12.7 Å². The SMILES string of the molecule is CC1=C(c2nc(-c3cccc(F)c3)no2)C(c2ccc(C)cc2)NC(=S)N1Cc1cccs1. The number of nitrogens with one attached hydrogen (secondary N) is 1. The van der Waals surface area contributed by atoms with Crippen LogP contribution in [0.1, 0.15) is 34.9 Å². The van der Waals surface area contributed by atoms with Crippen LogP contribution >= 0.6 is 23.6 Å². The Hall–Kier alpha value is -3.36. The molecule has 0 amide bonds. The van der Waals surface area contributed by atoms with Gasteiger partial charge in [-0.05, 0) is 55.2 Å². The number of thiophene rings is 1. The molecule has 8 heteroatoms. The Morgan fingerprint density at radius 3 is 2.67 bits per heavy atom. The van der Waals surface area contributed by atoms with Gasteiger partial charge in [0.1, 0.15) is 5.82 Å². The zero-order valence-corrected chi connectivity index (χ0v) is 19.7. The van der Waals surface area contributed by atoms with E-state index >= 15 is 0 Å². The van der Waals surface area contributed by atoms with Crippen molar-refractivity contribution in [2.45, 2.75) is 26.4 Å². The van der Waals surface area contributed by atoms with E-state index in [1.165, 1.54) is 22.6 Å². The van der Waals surface area contributed by atoms with Crippen molar-refractivity contribution >= 4 is 34.2 Å². The molecule has 1 N–H and O–H groups in total. The molecule has 4 aromatic rings. The molecule has 0 spiro atoms. The van der Waals surface area contributed by atoms with Gasteiger partial charge in [-0.1, -0.05) is 53.2 Å². The summed E-state index contributed by atoms with van der Waals surface area (Å²) in [4.78, 5) is 7.88. The highest BCUT2D eigenvalue weighted by atomic mass is 32.1. The van der Waals surface area contributed by atoms with Crippen molar-refractivity contribution in [2.24, 2.45) is 0 Å². The molecule has 1 aliphatic rings. The molecule has 5 rings (SSSR count). The van der Waals surface area contributed by atoms with Crippen molar-refractivity contribution in [1.82, 2.24) is 20.4 Å². The lowest BCUT2D eigenvalue weighted by Gasteiger charge is -2.37. The van der Waals surface area contributed by atoms with E-state index in [2.05, 4.69) is 52.7 Å². The van der Waals surface area contributed by atoms with E-state index in [4.69, 9.17) is 16.7 Å². The minimum Gasteiger partial charge on any atom is -0.351 e. The molecule has 0 saturated heterocycles. The summed E-state index contributed by atoms with van der Waals surface area (Å²) >= 11 is 7.44. The van der Waals surface area contributed by atoms with Crippen LogP contribution in [0.4, 0.5) is 4.39 Å². The van der Waals surface area contributed by atoms with Gasteiger partial charge in [0.2, 0.25) is 5.82 Å². The topological polar surface area (TPSA) is 54.2 Å². The highest BCUT2D eigenvalue weighted by Crippen LogP contribution is 2.38. The summed E-state index contributed by atoms with van der Waals surface area (Å²) < 4.78 is 19.5. The molecular formula is C25H21FN4OS2. The molecule has 0 aliphatic carbocycles. The summed E-state index contributed by atoms with van der Waals surface area (Å²) in [5, 5.41) is 10.3. The lowest BCUT2D eigenvalue weighted by atomic mass is 9.94. The van der Waals surface area contributed by atoms with Gasteiger partial charge in [-0.2, -0.15) is 4.98 Å². The highest BCUT2D eigenvalue weighted by Gasteiger charge is 2.34. The summed E-state index contributed by atoms with van der Waals surface area (Å²) in [6.07, 6.45) is 0. The lowest BCUT2D eigenvalue weighted by molar-refractivity contribution is 0.396. The average Bonchev–Trinajstić information content (AvgIpc) is 3.49. The van der Waals surface area contributed by atoms with E-state index in [1.54, 1.807) is 23.5 Å². The standard InChI is InChI=1S/C25H21FN4OS2/c1-15-8-10-17(11-9-15)22-21(16(2)30(25(32)27-22)14-20-7-4-12-33-20)24-28-23(29-31-24)18-5-3-6-19(26)13-18/h3-13,22H,14H2,1-2H3,(H,27,32). The predicted molar refractivity (Wildman–Crippen MR) is 132 cm³/mol. The van der Waals surface area contributed by atoms with Crippen molar-refractivity contribution < 1.29 is 8.91 Å². The Morgan fingerprint density at radius 1 is 1.12 bits per heavy atom. The minimum atomic E-state index is -0.349. The molecule has 1 atom stereocenters. The van der Waals surface area contributed by atoms with Gasteiger partial charge in [-0.25, -0.2) is 4.39 Å². The van der Waals surface area contributed by atoms with Crippen LogP contribution in [0.25, 0.3) is 17.0 Å². The summed E-state index contributed by atoms with van der Waals surface area (Å²) in [5.74, 6) is 0.368.